The number of halogens is 4. The standard InChI is InChI=1S/C23H19F4N/c1-15-3-2-4-16(6-5-15)7-9-18-20(24)22(26)19(23(27)21(18)25)10-8-17-11-13-28-14-12-17/h4-15H,2-3H2,1H3. The van der Waals surface area contributed by atoms with Crippen LogP contribution in [0.25, 0.3) is 18.2 Å². The Labute approximate surface area is 161 Å². The molecule has 1 aromatic carbocycles. The summed E-state index contributed by atoms with van der Waals surface area (Å²) in [6, 6.07) is 3.20. The monoisotopic (exact) mass is 385 g/mol. The first kappa shape index (κ1) is 19.8. The molecule has 1 heterocycles. The third-order valence-corrected chi connectivity index (χ3v) is 4.54. The second kappa shape index (κ2) is 8.83. The van der Waals surface area contributed by atoms with Gasteiger partial charge in [0.05, 0.1) is 11.1 Å². The maximum absolute atomic E-state index is 14.4. The van der Waals surface area contributed by atoms with Crippen molar-refractivity contribution in [3.05, 3.63) is 94.4 Å². The van der Waals surface area contributed by atoms with Gasteiger partial charge in [0.25, 0.3) is 0 Å². The van der Waals surface area contributed by atoms with Crippen molar-refractivity contribution >= 4 is 18.2 Å². The predicted molar refractivity (Wildman–Crippen MR) is 104 cm³/mol. The van der Waals surface area contributed by atoms with Gasteiger partial charge in [-0.3, -0.25) is 4.98 Å². The average molecular weight is 385 g/mol. The Morgan fingerprint density at radius 2 is 1.43 bits per heavy atom. The number of hydrogen-bond acceptors (Lipinski definition) is 1. The Morgan fingerprint density at radius 1 is 0.857 bits per heavy atom. The highest BCUT2D eigenvalue weighted by Gasteiger charge is 2.22. The van der Waals surface area contributed by atoms with Crippen LogP contribution in [-0.4, -0.2) is 4.98 Å². The molecule has 1 aliphatic carbocycles. The van der Waals surface area contributed by atoms with Crippen molar-refractivity contribution in [2.45, 2.75) is 19.8 Å². The van der Waals surface area contributed by atoms with Crippen molar-refractivity contribution in [3.63, 3.8) is 0 Å². The van der Waals surface area contributed by atoms with Gasteiger partial charge in [0.2, 0.25) is 0 Å². The molecule has 1 nitrogen and oxygen atoms in total. The van der Waals surface area contributed by atoms with Crippen LogP contribution in [0.3, 0.4) is 0 Å². The largest absolute Gasteiger partial charge is 0.265 e. The van der Waals surface area contributed by atoms with Crippen LogP contribution in [0, 0.1) is 29.2 Å². The third-order valence-electron chi connectivity index (χ3n) is 4.54. The van der Waals surface area contributed by atoms with E-state index in [1.54, 1.807) is 12.1 Å². The van der Waals surface area contributed by atoms with Crippen molar-refractivity contribution < 1.29 is 17.6 Å². The van der Waals surface area contributed by atoms with Crippen molar-refractivity contribution in [3.8, 4) is 0 Å². The topological polar surface area (TPSA) is 12.9 Å². The van der Waals surface area contributed by atoms with Gasteiger partial charge in [0.15, 0.2) is 23.3 Å². The number of aromatic nitrogens is 1. The number of rotatable bonds is 4. The van der Waals surface area contributed by atoms with Crippen LogP contribution < -0.4 is 0 Å². The Morgan fingerprint density at radius 3 is 2.04 bits per heavy atom. The molecule has 1 atom stereocenters. The van der Waals surface area contributed by atoms with E-state index in [2.05, 4.69) is 11.9 Å². The van der Waals surface area contributed by atoms with Crippen LogP contribution in [0.2, 0.25) is 0 Å². The van der Waals surface area contributed by atoms with Gasteiger partial charge in [-0.2, -0.15) is 0 Å². The van der Waals surface area contributed by atoms with E-state index in [9.17, 15) is 17.6 Å². The van der Waals surface area contributed by atoms with Crippen LogP contribution in [0.1, 0.15) is 36.5 Å². The SMILES string of the molecule is CC1C=CC(C=Cc2c(F)c(F)c(C=Cc3ccncc3)c(F)c2F)=CCC1. The molecule has 2 aromatic rings. The Hall–Kier alpha value is -2.95. The molecule has 28 heavy (non-hydrogen) atoms. The minimum absolute atomic E-state index is 0.400. The quantitative estimate of drug-likeness (QED) is 0.420. The van der Waals surface area contributed by atoms with E-state index in [-0.39, 0.29) is 0 Å². The fourth-order valence-corrected chi connectivity index (χ4v) is 2.87. The lowest BCUT2D eigenvalue weighted by Gasteiger charge is -2.07. The third kappa shape index (κ3) is 4.47. The lowest BCUT2D eigenvalue weighted by Crippen LogP contribution is -2.03. The fourth-order valence-electron chi connectivity index (χ4n) is 2.87. The summed E-state index contributed by atoms with van der Waals surface area (Å²) in [6.45, 7) is 2.07. The highest BCUT2D eigenvalue weighted by atomic mass is 19.2. The van der Waals surface area contributed by atoms with E-state index in [0.29, 0.717) is 11.5 Å². The Bertz CT molecular complexity index is 943. The van der Waals surface area contributed by atoms with Crippen LogP contribution in [0.15, 0.2) is 54.4 Å². The number of benzene rings is 1. The second-order valence-corrected chi connectivity index (χ2v) is 6.65. The number of nitrogens with zero attached hydrogens (tertiary/aromatic N) is 1. The van der Waals surface area contributed by atoms with E-state index < -0.39 is 34.4 Å². The summed E-state index contributed by atoms with van der Waals surface area (Å²) in [5, 5.41) is 0. The molecule has 0 saturated carbocycles. The van der Waals surface area contributed by atoms with Crippen molar-refractivity contribution in [1.82, 2.24) is 4.98 Å². The minimum Gasteiger partial charge on any atom is -0.265 e. The summed E-state index contributed by atoms with van der Waals surface area (Å²) in [6.07, 6.45) is 15.4. The summed E-state index contributed by atoms with van der Waals surface area (Å²) in [5.74, 6) is -5.30. The number of pyridine rings is 1. The average Bonchev–Trinajstić information content (AvgIpc) is 2.91. The van der Waals surface area contributed by atoms with E-state index in [4.69, 9.17) is 0 Å². The fraction of sp³-hybridized carbons (Fsp3) is 0.174. The normalized spacial score (nSPS) is 17.3. The summed E-state index contributed by atoms with van der Waals surface area (Å²) < 4.78 is 57.6. The summed E-state index contributed by atoms with van der Waals surface area (Å²) in [4.78, 5) is 3.83. The Kier molecular flexibility index (Phi) is 6.24. The summed E-state index contributed by atoms with van der Waals surface area (Å²) in [5.41, 5.74) is -0.153. The van der Waals surface area contributed by atoms with E-state index in [1.165, 1.54) is 24.5 Å². The lowest BCUT2D eigenvalue weighted by atomic mass is 10.0. The first-order valence-electron chi connectivity index (χ1n) is 8.98. The van der Waals surface area contributed by atoms with E-state index in [1.807, 2.05) is 18.2 Å². The maximum atomic E-state index is 14.4. The van der Waals surface area contributed by atoms with Gasteiger partial charge < -0.3 is 0 Å². The van der Waals surface area contributed by atoms with Gasteiger partial charge in [-0.25, -0.2) is 17.6 Å². The molecule has 0 amide bonds. The molecule has 0 N–H and O–H groups in total. The first-order chi connectivity index (χ1) is 13.5. The predicted octanol–water partition coefficient (Wildman–Crippen LogP) is 6.73. The summed E-state index contributed by atoms with van der Waals surface area (Å²) >= 11 is 0. The highest BCUT2D eigenvalue weighted by Crippen LogP contribution is 2.27. The van der Waals surface area contributed by atoms with Crippen LogP contribution >= 0.6 is 0 Å². The smallest absolute Gasteiger partial charge is 0.169 e. The molecule has 0 saturated heterocycles. The first-order valence-corrected chi connectivity index (χ1v) is 8.98. The van der Waals surface area contributed by atoms with Gasteiger partial charge >= 0.3 is 0 Å². The molecule has 144 valence electrons. The Balaban J connectivity index is 1.94. The summed E-state index contributed by atoms with van der Waals surface area (Å²) in [7, 11) is 0. The molecule has 0 radical (unpaired) electrons. The lowest BCUT2D eigenvalue weighted by molar-refractivity contribution is 0.448. The van der Waals surface area contributed by atoms with E-state index in [0.717, 1.165) is 30.6 Å². The molecule has 0 aliphatic heterocycles. The molecule has 0 bridgehead atoms. The molecule has 1 aromatic heterocycles. The van der Waals surface area contributed by atoms with Crippen molar-refractivity contribution in [2.75, 3.05) is 0 Å². The van der Waals surface area contributed by atoms with Crippen LogP contribution in [0.4, 0.5) is 17.6 Å². The van der Waals surface area contributed by atoms with Crippen molar-refractivity contribution in [1.29, 1.82) is 0 Å². The van der Waals surface area contributed by atoms with Crippen LogP contribution in [-0.2, 0) is 0 Å². The van der Waals surface area contributed by atoms with Crippen LogP contribution in [0.5, 0.6) is 0 Å². The zero-order valence-electron chi connectivity index (χ0n) is 15.3. The van der Waals surface area contributed by atoms with Gasteiger partial charge in [-0.05, 0) is 54.2 Å². The van der Waals surface area contributed by atoms with Gasteiger partial charge in [0.1, 0.15) is 0 Å². The van der Waals surface area contributed by atoms with Gasteiger partial charge in [-0.1, -0.05) is 37.3 Å². The van der Waals surface area contributed by atoms with Crippen molar-refractivity contribution in [2.24, 2.45) is 5.92 Å². The number of allylic oxidation sites excluding steroid dienone is 5. The molecule has 1 aliphatic rings. The highest BCUT2D eigenvalue weighted by molar-refractivity contribution is 5.71. The van der Waals surface area contributed by atoms with Gasteiger partial charge in [-0.15, -0.1) is 0 Å². The molecule has 0 spiro atoms. The molecular weight excluding hydrogens is 366 g/mol. The molecular formula is C23H19F4N. The zero-order valence-corrected chi connectivity index (χ0v) is 15.3. The van der Waals surface area contributed by atoms with E-state index >= 15 is 0 Å². The minimum atomic E-state index is -1.43. The molecule has 1 unspecified atom stereocenters. The molecule has 3 rings (SSSR count). The molecule has 5 heteroatoms. The second-order valence-electron chi connectivity index (χ2n) is 6.65. The number of hydrogen-bond donors (Lipinski definition) is 0. The maximum Gasteiger partial charge on any atom is 0.169 e. The van der Waals surface area contributed by atoms with Gasteiger partial charge in [0, 0.05) is 12.4 Å². The molecule has 0 fully saturated rings. The zero-order chi connectivity index (χ0) is 20.1.